The van der Waals surface area contributed by atoms with Gasteiger partial charge in [-0.05, 0) is 95.7 Å². The van der Waals surface area contributed by atoms with Gasteiger partial charge in [0.05, 0.1) is 0 Å². The molecule has 0 bridgehead atoms. The number of hydrogen-bond donors (Lipinski definition) is 0. The summed E-state index contributed by atoms with van der Waals surface area (Å²) in [5.41, 5.74) is 1.25. The smallest absolute Gasteiger partial charge is 0.0302 e. The highest BCUT2D eigenvalue weighted by atomic mass is 14.4. The molecule has 0 radical (unpaired) electrons. The third-order valence-electron chi connectivity index (χ3n) is 9.77. The predicted octanol–water partition coefficient (Wildman–Crippen LogP) is 16.8. The van der Waals surface area contributed by atoms with Gasteiger partial charge in [0.25, 0.3) is 0 Å². The van der Waals surface area contributed by atoms with Crippen LogP contribution in [0.25, 0.3) is 0 Å². The van der Waals surface area contributed by atoms with Gasteiger partial charge in [-0.25, -0.2) is 0 Å². The molecule has 3 aliphatic carbocycles. The fraction of sp³-hybridized carbons (Fsp3) is 1.00. The first-order chi connectivity index (χ1) is 20.3. The second-order valence-electron chi connectivity index (χ2n) is 19.7. The maximum absolute atomic E-state index is 2.37. The molecule has 0 aromatic heterocycles. The highest BCUT2D eigenvalue weighted by molar-refractivity contribution is 4.90. The van der Waals surface area contributed by atoms with E-state index in [-0.39, 0.29) is 0 Å². The van der Waals surface area contributed by atoms with Gasteiger partial charge < -0.3 is 0 Å². The quantitative estimate of drug-likeness (QED) is 0.260. The van der Waals surface area contributed by atoms with Crippen LogP contribution >= 0.6 is 0 Å². The minimum Gasteiger partial charge on any atom is -0.0651 e. The summed E-state index contributed by atoms with van der Waals surface area (Å²) < 4.78 is 0. The molecule has 0 atom stereocenters. The van der Waals surface area contributed by atoms with Crippen molar-refractivity contribution >= 4 is 0 Å². The standard InChI is InChI=1S/C8H16.2C7H14.2C7H16.C5H12.C4H10/c1-7(2)8-5-3-4-6-8;1-6(2)7(3)4-5-7;1-6(2)5-7-3-4-7;1-6(2)7(3,4)5;1-6(2)5-7(3)4;1-4-5(2)3;1-4(2)3/h7-8H,3-6H2,1-2H3;6H,4-5H2,1-3H3;6-7H,3-5H2,1-2H3;6H,1-5H3;6-7H,5H2,1-4H3;5H,4H2,1-3H3;4H,1-3H3. The van der Waals surface area contributed by atoms with Gasteiger partial charge in [0.1, 0.15) is 0 Å². The van der Waals surface area contributed by atoms with Crippen LogP contribution in [-0.2, 0) is 0 Å². The molecule has 3 saturated carbocycles. The molecule has 3 aliphatic rings. The first-order valence-electron chi connectivity index (χ1n) is 20.3. The zero-order valence-corrected chi connectivity index (χ0v) is 36.6. The average molecular weight is 639 g/mol. The van der Waals surface area contributed by atoms with Crippen LogP contribution in [-0.4, -0.2) is 0 Å². The minimum absolute atomic E-state index is 0.500. The van der Waals surface area contributed by atoms with Crippen molar-refractivity contribution in [2.45, 2.75) is 223 Å². The summed E-state index contributed by atoms with van der Waals surface area (Å²) in [5.74, 6) is 9.25. The van der Waals surface area contributed by atoms with Gasteiger partial charge in [0, 0.05) is 0 Å². The molecule has 0 saturated heterocycles. The summed E-state index contributed by atoms with van der Waals surface area (Å²) in [5, 5.41) is 0. The number of hydrogen-bond acceptors (Lipinski definition) is 0. The molecule has 0 aliphatic heterocycles. The van der Waals surface area contributed by atoms with Crippen LogP contribution in [0.1, 0.15) is 223 Å². The van der Waals surface area contributed by atoms with Crippen LogP contribution in [0.3, 0.4) is 0 Å². The van der Waals surface area contributed by atoms with Crippen LogP contribution in [0.4, 0.5) is 0 Å². The molecule has 0 spiro atoms. The first kappa shape index (κ1) is 51.8. The topological polar surface area (TPSA) is 0 Å². The van der Waals surface area contributed by atoms with Crippen LogP contribution in [0.5, 0.6) is 0 Å². The van der Waals surface area contributed by atoms with E-state index in [0.717, 1.165) is 64.6 Å². The Kier molecular flexibility index (Phi) is 33.4. The van der Waals surface area contributed by atoms with Crippen molar-refractivity contribution in [2.75, 3.05) is 0 Å². The monoisotopic (exact) mass is 639 g/mol. The van der Waals surface area contributed by atoms with E-state index in [1.54, 1.807) is 0 Å². The van der Waals surface area contributed by atoms with E-state index in [4.69, 9.17) is 0 Å². The van der Waals surface area contributed by atoms with E-state index in [1.165, 1.54) is 70.6 Å². The Morgan fingerprint density at radius 1 is 0.578 bits per heavy atom. The summed E-state index contributed by atoms with van der Waals surface area (Å²) in [6, 6.07) is 0. The molecule has 3 fully saturated rings. The highest BCUT2D eigenvalue weighted by Gasteiger charge is 2.39. The van der Waals surface area contributed by atoms with Crippen molar-refractivity contribution in [2.24, 2.45) is 70.0 Å². The summed E-state index contributed by atoms with van der Waals surface area (Å²) in [4.78, 5) is 0. The third-order valence-corrected chi connectivity index (χ3v) is 9.77. The molecule has 0 unspecified atom stereocenters. The lowest BCUT2D eigenvalue weighted by atomic mass is 9.84. The predicted molar refractivity (Wildman–Crippen MR) is 215 cm³/mol. The zero-order valence-electron chi connectivity index (χ0n) is 36.6. The highest BCUT2D eigenvalue weighted by Crippen LogP contribution is 2.51. The Balaban J connectivity index is -0.000000220. The molecule has 0 N–H and O–H groups in total. The van der Waals surface area contributed by atoms with Crippen molar-refractivity contribution in [1.29, 1.82) is 0 Å². The third kappa shape index (κ3) is 46.2. The van der Waals surface area contributed by atoms with Gasteiger partial charge in [-0.3, -0.25) is 0 Å². The van der Waals surface area contributed by atoms with Gasteiger partial charge in [-0.1, -0.05) is 197 Å². The van der Waals surface area contributed by atoms with Crippen molar-refractivity contribution in [3.05, 3.63) is 0 Å². The van der Waals surface area contributed by atoms with E-state index in [1.807, 2.05) is 0 Å². The molecule has 3 rings (SSSR count). The Morgan fingerprint density at radius 2 is 0.911 bits per heavy atom. The molecule has 0 amide bonds. The lowest BCUT2D eigenvalue weighted by molar-refractivity contribution is 0.283. The van der Waals surface area contributed by atoms with E-state index >= 15 is 0 Å². The van der Waals surface area contributed by atoms with Gasteiger partial charge in [-0.15, -0.1) is 0 Å². The molecule has 278 valence electrons. The van der Waals surface area contributed by atoms with Crippen molar-refractivity contribution in [3.8, 4) is 0 Å². The Labute approximate surface area is 292 Å². The zero-order chi connectivity index (χ0) is 36.6. The summed E-state index contributed by atoms with van der Waals surface area (Å²) >= 11 is 0. The SMILES string of the molecule is CC(C)C.CC(C)C(C)(C)C.CC(C)C1(C)CC1.CC(C)C1CCCC1.CC(C)CC(C)C.CC(C)CC1CC1.CCC(C)C. The molecule has 0 heteroatoms. The lowest BCUT2D eigenvalue weighted by Crippen LogP contribution is -2.12. The first-order valence-corrected chi connectivity index (χ1v) is 20.3. The summed E-state index contributed by atoms with van der Waals surface area (Å²) in [6.07, 6.45) is 16.1. The molecule has 45 heavy (non-hydrogen) atoms. The van der Waals surface area contributed by atoms with Crippen LogP contribution in [0.2, 0.25) is 0 Å². The van der Waals surface area contributed by atoms with Crippen molar-refractivity contribution in [3.63, 3.8) is 0 Å². The molecular weight excluding hydrogens is 540 g/mol. The fourth-order valence-electron chi connectivity index (χ4n) is 4.36. The van der Waals surface area contributed by atoms with E-state index in [2.05, 4.69) is 152 Å². The normalized spacial score (nSPS) is 16.9. The van der Waals surface area contributed by atoms with Gasteiger partial charge >= 0.3 is 0 Å². The van der Waals surface area contributed by atoms with Gasteiger partial charge in [0.15, 0.2) is 0 Å². The summed E-state index contributed by atoms with van der Waals surface area (Å²) in [7, 11) is 0. The van der Waals surface area contributed by atoms with Crippen LogP contribution < -0.4 is 0 Å². The van der Waals surface area contributed by atoms with Crippen molar-refractivity contribution < 1.29 is 0 Å². The van der Waals surface area contributed by atoms with Crippen LogP contribution in [0, 0.1) is 70.0 Å². The maximum atomic E-state index is 2.37. The lowest BCUT2D eigenvalue weighted by Gasteiger charge is -2.22. The Hall–Kier alpha value is 0. The summed E-state index contributed by atoms with van der Waals surface area (Å²) in [6.45, 7) is 49.8. The van der Waals surface area contributed by atoms with E-state index < -0.39 is 0 Å². The second kappa shape index (κ2) is 29.0. The van der Waals surface area contributed by atoms with Crippen molar-refractivity contribution in [1.82, 2.24) is 0 Å². The minimum atomic E-state index is 0.500. The van der Waals surface area contributed by atoms with Crippen LogP contribution in [0.15, 0.2) is 0 Å². The fourth-order valence-corrected chi connectivity index (χ4v) is 4.36. The largest absolute Gasteiger partial charge is 0.0651 e. The molecule has 0 heterocycles. The molecule has 0 aromatic carbocycles. The van der Waals surface area contributed by atoms with E-state index in [0.29, 0.717) is 5.41 Å². The number of rotatable bonds is 7. The maximum Gasteiger partial charge on any atom is -0.0302 e. The Bertz CT molecular complexity index is 537. The van der Waals surface area contributed by atoms with E-state index in [9.17, 15) is 0 Å². The average Bonchev–Trinajstić information content (AvgIpc) is 3.76. The van der Waals surface area contributed by atoms with Gasteiger partial charge in [-0.2, -0.15) is 0 Å². The molecule has 0 aromatic rings. The molecule has 0 nitrogen and oxygen atoms in total. The molecular formula is C45H98. The second-order valence-corrected chi connectivity index (χ2v) is 19.7. The Morgan fingerprint density at radius 3 is 0.978 bits per heavy atom. The van der Waals surface area contributed by atoms with Gasteiger partial charge in [0.2, 0.25) is 0 Å².